The number of aromatic amines is 1. The van der Waals surface area contributed by atoms with Gasteiger partial charge in [0.25, 0.3) is 5.91 Å². The van der Waals surface area contributed by atoms with Crippen LogP contribution in [0.4, 0.5) is 5.82 Å². The predicted octanol–water partition coefficient (Wildman–Crippen LogP) is 1.64. The van der Waals surface area contributed by atoms with Crippen molar-refractivity contribution in [2.24, 2.45) is 4.99 Å². The molecule has 1 aromatic rings. The van der Waals surface area contributed by atoms with E-state index in [0.29, 0.717) is 6.67 Å². The van der Waals surface area contributed by atoms with Gasteiger partial charge in [-0.15, -0.1) is 0 Å². The number of piperidine rings is 1. The van der Waals surface area contributed by atoms with Gasteiger partial charge >= 0.3 is 0 Å². The number of H-pyrrole nitrogens is 1. The van der Waals surface area contributed by atoms with Gasteiger partial charge in [-0.25, -0.2) is 4.99 Å². The average Bonchev–Trinajstić information content (AvgIpc) is 3.27. The number of rotatable bonds is 2. The molecule has 2 atom stereocenters. The number of carbonyl (C=O) groups excluding carboxylic acids is 1. The molecule has 0 aromatic carbocycles. The number of methoxy groups -OCH3 is 1. The molecule has 7 heteroatoms. The number of amides is 1. The number of fused-ring (bicyclic) bond motifs is 1. The molecule has 3 aliphatic rings. The number of nitrogens with one attached hydrogen (secondary N) is 2. The van der Waals surface area contributed by atoms with Gasteiger partial charge in [0, 0.05) is 32.9 Å². The Labute approximate surface area is 148 Å². The number of carbonyl (C=O) groups is 1. The van der Waals surface area contributed by atoms with Crippen LogP contribution >= 0.6 is 0 Å². The summed E-state index contributed by atoms with van der Waals surface area (Å²) in [5, 5.41) is 3.27. The fourth-order valence-corrected chi connectivity index (χ4v) is 4.57. The monoisotopic (exact) mass is 345 g/mol. The van der Waals surface area contributed by atoms with E-state index in [4.69, 9.17) is 9.73 Å². The molecule has 25 heavy (non-hydrogen) atoms. The Hall–Kier alpha value is -2.02. The molecule has 1 unspecified atom stereocenters. The van der Waals surface area contributed by atoms with Gasteiger partial charge in [-0.05, 0) is 38.7 Å². The summed E-state index contributed by atoms with van der Waals surface area (Å²) in [6.07, 6.45) is 5.85. The predicted molar refractivity (Wildman–Crippen MR) is 96.8 cm³/mol. The molecule has 1 amide bonds. The van der Waals surface area contributed by atoms with E-state index in [1.807, 2.05) is 13.1 Å². The fraction of sp³-hybridized carbons (Fsp3) is 0.667. The summed E-state index contributed by atoms with van der Waals surface area (Å²) in [6.45, 7) is 5.13. The molecule has 4 heterocycles. The summed E-state index contributed by atoms with van der Waals surface area (Å²) in [7, 11) is 1.61. The minimum absolute atomic E-state index is 0.0774. The SMILES string of the molecule is CO[C@@H](C)C(=O)N1CCCC12CCCN(C1=NCNc3[nH]ccc31)C2. The van der Waals surface area contributed by atoms with Crippen LogP contribution in [-0.2, 0) is 9.53 Å². The summed E-state index contributed by atoms with van der Waals surface area (Å²) in [6, 6.07) is 2.08. The van der Waals surface area contributed by atoms with Crippen molar-refractivity contribution in [1.29, 1.82) is 0 Å². The lowest BCUT2D eigenvalue weighted by Gasteiger charge is -2.47. The van der Waals surface area contributed by atoms with Crippen molar-refractivity contribution in [3.63, 3.8) is 0 Å². The first kappa shape index (κ1) is 16.4. The first-order chi connectivity index (χ1) is 12.1. The Morgan fingerprint density at radius 2 is 2.16 bits per heavy atom. The Balaban J connectivity index is 1.58. The van der Waals surface area contributed by atoms with E-state index in [-0.39, 0.29) is 17.6 Å². The van der Waals surface area contributed by atoms with E-state index in [1.165, 1.54) is 0 Å². The molecule has 1 spiro atoms. The zero-order chi connectivity index (χ0) is 17.4. The van der Waals surface area contributed by atoms with Gasteiger partial charge in [-0.3, -0.25) is 4.79 Å². The Bertz CT molecular complexity index is 685. The molecule has 2 N–H and O–H groups in total. The molecule has 0 saturated carbocycles. The van der Waals surface area contributed by atoms with Crippen molar-refractivity contribution in [1.82, 2.24) is 14.8 Å². The normalized spacial score (nSPS) is 27.0. The number of likely N-dealkylation sites (tertiary alicyclic amines) is 2. The Morgan fingerprint density at radius 3 is 2.96 bits per heavy atom. The van der Waals surface area contributed by atoms with Crippen LogP contribution in [0.5, 0.6) is 0 Å². The number of hydrogen-bond acceptors (Lipinski definition) is 5. The smallest absolute Gasteiger partial charge is 0.251 e. The number of nitrogens with zero attached hydrogens (tertiary/aromatic N) is 3. The van der Waals surface area contributed by atoms with Gasteiger partial charge < -0.3 is 24.8 Å². The highest BCUT2D eigenvalue weighted by atomic mass is 16.5. The fourth-order valence-electron chi connectivity index (χ4n) is 4.57. The van der Waals surface area contributed by atoms with Gasteiger partial charge in [-0.1, -0.05) is 0 Å². The lowest BCUT2D eigenvalue weighted by atomic mass is 9.85. The highest BCUT2D eigenvalue weighted by Crippen LogP contribution is 2.38. The van der Waals surface area contributed by atoms with Crippen LogP contribution < -0.4 is 5.32 Å². The standard InChI is InChI=1S/C18H27N5O2/c1-13(25-2)17(24)23-10-4-7-18(23)6-3-9-22(11-18)16-14-5-8-19-15(14)20-12-21-16/h5,8,13,19-20H,3-4,6-7,9-12H2,1-2H3/t13-,18?/m0/s1. The summed E-state index contributed by atoms with van der Waals surface area (Å²) < 4.78 is 5.30. The zero-order valence-electron chi connectivity index (χ0n) is 15.0. The van der Waals surface area contributed by atoms with Crippen molar-refractivity contribution in [3.8, 4) is 0 Å². The van der Waals surface area contributed by atoms with Crippen molar-refractivity contribution >= 4 is 17.6 Å². The number of ether oxygens (including phenoxy) is 1. The zero-order valence-corrected chi connectivity index (χ0v) is 15.0. The number of hydrogen-bond donors (Lipinski definition) is 2. The maximum absolute atomic E-state index is 12.8. The summed E-state index contributed by atoms with van der Waals surface area (Å²) in [4.78, 5) is 25.3. The van der Waals surface area contributed by atoms with E-state index >= 15 is 0 Å². The van der Waals surface area contributed by atoms with Gasteiger partial charge in [0.05, 0.1) is 11.1 Å². The molecule has 2 saturated heterocycles. The third kappa shape index (κ3) is 2.70. The minimum atomic E-state index is -0.377. The van der Waals surface area contributed by atoms with Gasteiger partial charge in [0.1, 0.15) is 24.4 Å². The molecule has 0 aliphatic carbocycles. The Morgan fingerprint density at radius 1 is 1.36 bits per heavy atom. The second-order valence-electron chi connectivity index (χ2n) is 7.30. The van der Waals surface area contributed by atoms with Crippen LogP contribution in [-0.4, -0.2) is 71.6 Å². The number of amidine groups is 1. The van der Waals surface area contributed by atoms with E-state index < -0.39 is 0 Å². The molecule has 136 valence electrons. The molecule has 7 nitrogen and oxygen atoms in total. The van der Waals surface area contributed by atoms with E-state index in [9.17, 15) is 4.79 Å². The van der Waals surface area contributed by atoms with Crippen LogP contribution in [0.25, 0.3) is 0 Å². The first-order valence-corrected chi connectivity index (χ1v) is 9.20. The highest BCUT2D eigenvalue weighted by molar-refractivity contribution is 6.04. The maximum Gasteiger partial charge on any atom is 0.251 e. The highest BCUT2D eigenvalue weighted by Gasteiger charge is 2.47. The van der Waals surface area contributed by atoms with E-state index in [1.54, 1.807) is 7.11 Å². The van der Waals surface area contributed by atoms with Crippen LogP contribution in [0.2, 0.25) is 0 Å². The molecule has 4 rings (SSSR count). The van der Waals surface area contributed by atoms with Gasteiger partial charge in [-0.2, -0.15) is 0 Å². The third-order valence-corrected chi connectivity index (χ3v) is 5.89. The van der Waals surface area contributed by atoms with Gasteiger partial charge in [0.15, 0.2) is 0 Å². The van der Waals surface area contributed by atoms with Crippen molar-refractivity contribution in [2.75, 3.05) is 38.7 Å². The second kappa shape index (κ2) is 6.37. The van der Waals surface area contributed by atoms with Crippen LogP contribution in [0.1, 0.15) is 38.2 Å². The molecule has 0 bridgehead atoms. The third-order valence-electron chi connectivity index (χ3n) is 5.89. The second-order valence-corrected chi connectivity index (χ2v) is 7.30. The summed E-state index contributed by atoms with van der Waals surface area (Å²) >= 11 is 0. The molecular weight excluding hydrogens is 318 g/mol. The summed E-state index contributed by atoms with van der Waals surface area (Å²) in [5.41, 5.74) is 1.05. The Kier molecular flexibility index (Phi) is 4.19. The number of aromatic nitrogens is 1. The minimum Gasteiger partial charge on any atom is -0.372 e. The molecule has 0 radical (unpaired) electrons. The van der Waals surface area contributed by atoms with Crippen LogP contribution in [0, 0.1) is 0 Å². The maximum atomic E-state index is 12.8. The first-order valence-electron chi connectivity index (χ1n) is 9.20. The average molecular weight is 345 g/mol. The van der Waals surface area contributed by atoms with Crippen molar-refractivity contribution < 1.29 is 9.53 Å². The van der Waals surface area contributed by atoms with Crippen LogP contribution in [0.3, 0.4) is 0 Å². The van der Waals surface area contributed by atoms with E-state index in [0.717, 1.165) is 62.5 Å². The molecular formula is C18H27N5O2. The van der Waals surface area contributed by atoms with Gasteiger partial charge in [0.2, 0.25) is 0 Å². The topological polar surface area (TPSA) is 73.0 Å². The molecule has 1 aromatic heterocycles. The number of anilines is 1. The molecule has 3 aliphatic heterocycles. The lowest BCUT2D eigenvalue weighted by molar-refractivity contribution is -0.146. The number of aliphatic imine (C=N–C) groups is 1. The van der Waals surface area contributed by atoms with Crippen molar-refractivity contribution in [2.45, 2.75) is 44.2 Å². The molecule has 2 fully saturated rings. The summed E-state index contributed by atoms with van der Waals surface area (Å²) in [5.74, 6) is 2.21. The van der Waals surface area contributed by atoms with Crippen molar-refractivity contribution in [3.05, 3.63) is 17.8 Å². The van der Waals surface area contributed by atoms with E-state index in [2.05, 4.69) is 26.2 Å². The van der Waals surface area contributed by atoms with Crippen LogP contribution in [0.15, 0.2) is 17.3 Å². The largest absolute Gasteiger partial charge is 0.372 e. The lowest BCUT2D eigenvalue weighted by Crippen LogP contribution is -2.60. The quantitative estimate of drug-likeness (QED) is 0.855.